The van der Waals surface area contributed by atoms with Gasteiger partial charge < -0.3 is 10.2 Å². The lowest BCUT2D eigenvalue weighted by molar-refractivity contribution is -0.128. The summed E-state index contributed by atoms with van der Waals surface area (Å²) in [5.74, 6) is -0.220. The number of benzene rings is 2. The molecule has 7 nitrogen and oxygen atoms in total. The van der Waals surface area contributed by atoms with E-state index in [2.05, 4.69) is 15.5 Å². The molecule has 156 valence electrons. The fourth-order valence-electron chi connectivity index (χ4n) is 2.70. The molecule has 0 aliphatic rings. The van der Waals surface area contributed by atoms with Gasteiger partial charge in [-0.05, 0) is 24.3 Å². The van der Waals surface area contributed by atoms with Crippen LogP contribution in [-0.2, 0) is 9.59 Å². The van der Waals surface area contributed by atoms with Crippen LogP contribution in [0.5, 0.6) is 0 Å². The number of hydrogen-bond donors (Lipinski definition) is 1. The molecule has 3 rings (SSSR count). The van der Waals surface area contributed by atoms with Gasteiger partial charge in [0.2, 0.25) is 11.8 Å². The third-order valence-electron chi connectivity index (χ3n) is 4.25. The van der Waals surface area contributed by atoms with E-state index in [1.807, 2.05) is 30.3 Å². The van der Waals surface area contributed by atoms with Gasteiger partial charge in [-0.25, -0.2) is 4.39 Å². The summed E-state index contributed by atoms with van der Waals surface area (Å²) >= 11 is 1.20. The summed E-state index contributed by atoms with van der Waals surface area (Å²) in [6, 6.07) is 15.7. The van der Waals surface area contributed by atoms with Gasteiger partial charge in [-0.1, -0.05) is 42.1 Å². The van der Waals surface area contributed by atoms with Gasteiger partial charge in [0, 0.05) is 32.7 Å². The zero-order valence-corrected chi connectivity index (χ0v) is 17.5. The van der Waals surface area contributed by atoms with Gasteiger partial charge in [0.05, 0.1) is 11.3 Å². The monoisotopic (exact) mass is 427 g/mol. The van der Waals surface area contributed by atoms with Crippen LogP contribution < -0.4 is 5.32 Å². The third-order valence-corrected chi connectivity index (χ3v) is 5.18. The van der Waals surface area contributed by atoms with Gasteiger partial charge in [-0.3, -0.25) is 14.2 Å². The molecule has 0 aliphatic heterocycles. The normalized spacial score (nSPS) is 10.6. The number of halogens is 1. The van der Waals surface area contributed by atoms with Gasteiger partial charge in [-0.2, -0.15) is 0 Å². The van der Waals surface area contributed by atoms with Crippen molar-refractivity contribution in [1.29, 1.82) is 0 Å². The number of carbonyl (C=O) groups is 2. The van der Waals surface area contributed by atoms with E-state index in [0.29, 0.717) is 16.5 Å². The Bertz CT molecular complexity index is 1020. The lowest BCUT2D eigenvalue weighted by atomic mass is 10.2. The van der Waals surface area contributed by atoms with Gasteiger partial charge >= 0.3 is 0 Å². The van der Waals surface area contributed by atoms with Crippen LogP contribution in [0.15, 0.2) is 59.8 Å². The molecule has 0 unspecified atom stereocenters. The Balaban J connectivity index is 1.76. The Hall–Kier alpha value is -3.20. The molecule has 0 spiro atoms. The molecule has 30 heavy (non-hydrogen) atoms. The fourth-order valence-corrected chi connectivity index (χ4v) is 3.49. The SMILES string of the molecule is CN(C)C(=O)CCNC(=O)CSc1nnc(-c2ccccc2F)n1-c1ccccc1. The van der Waals surface area contributed by atoms with Crippen molar-refractivity contribution in [3.63, 3.8) is 0 Å². The van der Waals surface area contributed by atoms with Crippen LogP contribution in [0.1, 0.15) is 6.42 Å². The molecule has 0 radical (unpaired) electrons. The summed E-state index contributed by atoms with van der Waals surface area (Å²) in [5.41, 5.74) is 1.09. The largest absolute Gasteiger partial charge is 0.355 e. The summed E-state index contributed by atoms with van der Waals surface area (Å²) in [5, 5.41) is 11.6. The number of para-hydroxylation sites is 1. The number of amides is 2. The number of rotatable bonds is 8. The van der Waals surface area contributed by atoms with E-state index in [-0.39, 0.29) is 30.5 Å². The highest BCUT2D eigenvalue weighted by Gasteiger charge is 2.19. The molecule has 1 aromatic heterocycles. The maximum Gasteiger partial charge on any atom is 0.230 e. The summed E-state index contributed by atoms with van der Waals surface area (Å²) < 4.78 is 16.1. The van der Waals surface area contributed by atoms with Gasteiger partial charge in [0.25, 0.3) is 0 Å². The van der Waals surface area contributed by atoms with Gasteiger partial charge in [0.1, 0.15) is 5.82 Å². The molecule has 3 aromatic rings. The molecular formula is C21H22FN5O2S. The van der Waals surface area contributed by atoms with Crippen LogP contribution in [0, 0.1) is 5.82 Å². The highest BCUT2D eigenvalue weighted by molar-refractivity contribution is 7.99. The standard InChI is InChI=1S/C21H22FN5O2S/c1-26(2)19(29)12-13-23-18(28)14-30-21-25-24-20(16-10-6-7-11-17(16)22)27(21)15-8-4-3-5-9-15/h3-11H,12-14H2,1-2H3,(H,23,28). The summed E-state index contributed by atoms with van der Waals surface area (Å²) in [6.07, 6.45) is 0.237. The highest BCUT2D eigenvalue weighted by atomic mass is 32.2. The second kappa shape index (κ2) is 10.0. The second-order valence-corrected chi connectivity index (χ2v) is 7.58. The van der Waals surface area contributed by atoms with Gasteiger partial charge in [-0.15, -0.1) is 10.2 Å². The minimum Gasteiger partial charge on any atom is -0.355 e. The van der Waals surface area contributed by atoms with Crippen molar-refractivity contribution < 1.29 is 14.0 Å². The number of nitrogens with zero attached hydrogens (tertiary/aromatic N) is 4. The van der Waals surface area contributed by atoms with Crippen molar-refractivity contribution in [3.8, 4) is 17.1 Å². The van der Waals surface area contributed by atoms with Crippen molar-refractivity contribution in [2.75, 3.05) is 26.4 Å². The topological polar surface area (TPSA) is 80.1 Å². The van der Waals surface area contributed by atoms with Crippen molar-refractivity contribution in [2.24, 2.45) is 0 Å². The molecule has 1 heterocycles. The minimum absolute atomic E-state index is 0.0543. The quantitative estimate of drug-likeness (QED) is 0.559. The molecule has 1 N–H and O–H groups in total. The summed E-state index contributed by atoms with van der Waals surface area (Å²) in [7, 11) is 3.34. The van der Waals surface area contributed by atoms with E-state index in [0.717, 1.165) is 5.69 Å². The van der Waals surface area contributed by atoms with E-state index in [4.69, 9.17) is 0 Å². The maximum atomic E-state index is 14.4. The second-order valence-electron chi connectivity index (χ2n) is 6.63. The molecule has 9 heteroatoms. The first kappa shape index (κ1) is 21.5. The number of thioether (sulfide) groups is 1. The van der Waals surface area contributed by atoms with Crippen LogP contribution in [0.4, 0.5) is 4.39 Å². The lowest BCUT2D eigenvalue weighted by Gasteiger charge is -2.11. The molecule has 2 amide bonds. The molecule has 0 fully saturated rings. The third kappa shape index (κ3) is 5.24. The predicted molar refractivity (Wildman–Crippen MR) is 114 cm³/mol. The van der Waals surface area contributed by atoms with Crippen LogP contribution in [-0.4, -0.2) is 57.9 Å². The molecule has 2 aromatic carbocycles. The predicted octanol–water partition coefficient (Wildman–Crippen LogP) is 2.76. The van der Waals surface area contributed by atoms with E-state index in [1.54, 1.807) is 36.9 Å². The van der Waals surface area contributed by atoms with E-state index in [1.165, 1.54) is 22.7 Å². The fraction of sp³-hybridized carbons (Fsp3) is 0.238. The average Bonchev–Trinajstić information content (AvgIpc) is 3.16. The number of nitrogens with one attached hydrogen (secondary N) is 1. The first-order chi connectivity index (χ1) is 14.5. The number of carbonyl (C=O) groups excluding carboxylic acids is 2. The Morgan fingerprint density at radius 1 is 1.07 bits per heavy atom. The first-order valence-electron chi connectivity index (χ1n) is 9.32. The number of hydrogen-bond acceptors (Lipinski definition) is 5. The molecule has 0 saturated heterocycles. The summed E-state index contributed by atoms with van der Waals surface area (Å²) in [4.78, 5) is 25.2. The van der Waals surface area contributed by atoms with Crippen LogP contribution in [0.3, 0.4) is 0 Å². The Morgan fingerprint density at radius 2 is 1.77 bits per heavy atom. The van der Waals surface area contributed by atoms with E-state index < -0.39 is 5.82 Å². The van der Waals surface area contributed by atoms with E-state index in [9.17, 15) is 14.0 Å². The summed E-state index contributed by atoms with van der Waals surface area (Å²) in [6.45, 7) is 0.266. The molecule has 0 bridgehead atoms. The van der Waals surface area contributed by atoms with Crippen LogP contribution in [0.25, 0.3) is 17.1 Å². The Labute approximate surface area is 178 Å². The highest BCUT2D eigenvalue weighted by Crippen LogP contribution is 2.29. The van der Waals surface area contributed by atoms with Crippen molar-refractivity contribution in [2.45, 2.75) is 11.6 Å². The molecule has 0 atom stereocenters. The van der Waals surface area contributed by atoms with Crippen LogP contribution in [0.2, 0.25) is 0 Å². The van der Waals surface area contributed by atoms with Crippen molar-refractivity contribution >= 4 is 23.6 Å². The molecule has 0 aliphatic carbocycles. The zero-order valence-electron chi connectivity index (χ0n) is 16.7. The first-order valence-corrected chi connectivity index (χ1v) is 10.3. The Morgan fingerprint density at radius 3 is 2.47 bits per heavy atom. The van der Waals surface area contributed by atoms with Crippen LogP contribution >= 0.6 is 11.8 Å². The van der Waals surface area contributed by atoms with Crippen molar-refractivity contribution in [1.82, 2.24) is 25.0 Å². The maximum absolute atomic E-state index is 14.4. The lowest BCUT2D eigenvalue weighted by Crippen LogP contribution is -2.31. The van der Waals surface area contributed by atoms with E-state index >= 15 is 0 Å². The minimum atomic E-state index is -0.401. The zero-order chi connectivity index (χ0) is 21.5. The number of aromatic nitrogens is 3. The van der Waals surface area contributed by atoms with Gasteiger partial charge in [0.15, 0.2) is 11.0 Å². The molecular weight excluding hydrogens is 405 g/mol. The molecule has 0 saturated carbocycles. The smallest absolute Gasteiger partial charge is 0.230 e. The van der Waals surface area contributed by atoms with Crippen molar-refractivity contribution in [3.05, 3.63) is 60.4 Å². The Kier molecular flexibility index (Phi) is 7.18. The average molecular weight is 428 g/mol.